The molecule has 1 aliphatic rings. The first kappa shape index (κ1) is 16.1. The number of H-pyrrole nitrogens is 1. The molecule has 2 N–H and O–H groups in total. The SMILES string of the molecule is C[S@](=O)c1ccc(C(=O)NCCc2n[nH]c(=S)n2C2CC2)cc1. The van der Waals surface area contributed by atoms with E-state index < -0.39 is 10.8 Å². The van der Waals surface area contributed by atoms with Gasteiger partial charge >= 0.3 is 0 Å². The Morgan fingerprint density at radius 2 is 2.13 bits per heavy atom. The van der Waals surface area contributed by atoms with Crippen LogP contribution >= 0.6 is 12.2 Å². The standard InChI is InChI=1S/C15H18N4O2S2/c1-23(21)12-6-2-10(3-7-12)14(20)16-9-8-13-17-18-15(22)19(13)11-4-5-11/h2-3,6-7,11H,4-5,8-9H2,1H3,(H,16,20)(H,18,22)/t23-/m0/s1. The molecular weight excluding hydrogens is 332 g/mol. The summed E-state index contributed by atoms with van der Waals surface area (Å²) in [5.41, 5.74) is 0.556. The van der Waals surface area contributed by atoms with Crippen LogP contribution in [-0.4, -0.2) is 37.7 Å². The van der Waals surface area contributed by atoms with Crippen LogP contribution < -0.4 is 5.32 Å². The minimum atomic E-state index is -1.04. The van der Waals surface area contributed by atoms with Crippen LogP contribution in [0.4, 0.5) is 0 Å². The normalized spacial score (nSPS) is 15.3. The van der Waals surface area contributed by atoms with Crippen molar-refractivity contribution in [1.82, 2.24) is 20.1 Å². The highest BCUT2D eigenvalue weighted by atomic mass is 32.2. The highest BCUT2D eigenvalue weighted by Crippen LogP contribution is 2.35. The Morgan fingerprint density at radius 1 is 1.43 bits per heavy atom. The summed E-state index contributed by atoms with van der Waals surface area (Å²) in [4.78, 5) is 12.8. The number of carbonyl (C=O) groups excluding carboxylic acids is 1. The Hall–Kier alpha value is -1.80. The molecule has 1 aromatic heterocycles. The number of benzene rings is 1. The molecule has 0 radical (unpaired) electrons. The van der Waals surface area contributed by atoms with Crippen molar-refractivity contribution in [2.24, 2.45) is 0 Å². The molecule has 8 heteroatoms. The van der Waals surface area contributed by atoms with Crippen LogP contribution in [0.5, 0.6) is 0 Å². The number of amides is 1. The van der Waals surface area contributed by atoms with Crippen LogP contribution in [0.15, 0.2) is 29.2 Å². The van der Waals surface area contributed by atoms with E-state index in [2.05, 4.69) is 15.5 Å². The molecule has 1 atom stereocenters. The zero-order valence-electron chi connectivity index (χ0n) is 12.7. The highest BCUT2D eigenvalue weighted by molar-refractivity contribution is 7.84. The van der Waals surface area contributed by atoms with Crippen molar-refractivity contribution >= 4 is 28.9 Å². The molecule has 1 heterocycles. The fraction of sp³-hybridized carbons (Fsp3) is 0.400. The number of nitrogens with zero attached hydrogens (tertiary/aromatic N) is 2. The smallest absolute Gasteiger partial charge is 0.251 e. The molecule has 3 rings (SSSR count). The van der Waals surface area contributed by atoms with Gasteiger partial charge in [-0.05, 0) is 49.3 Å². The van der Waals surface area contributed by atoms with Crippen LogP contribution in [0.25, 0.3) is 0 Å². The third-order valence-corrected chi connectivity index (χ3v) is 5.00. The Morgan fingerprint density at radius 3 is 2.74 bits per heavy atom. The lowest BCUT2D eigenvalue weighted by Crippen LogP contribution is -2.26. The number of nitrogens with one attached hydrogen (secondary N) is 2. The van der Waals surface area contributed by atoms with Gasteiger partial charge in [0.15, 0.2) is 4.77 Å². The summed E-state index contributed by atoms with van der Waals surface area (Å²) in [5.74, 6) is 0.736. The van der Waals surface area contributed by atoms with Crippen LogP contribution in [0.3, 0.4) is 0 Å². The zero-order chi connectivity index (χ0) is 16.4. The van der Waals surface area contributed by atoms with Crippen LogP contribution in [0, 0.1) is 4.77 Å². The lowest BCUT2D eigenvalue weighted by atomic mass is 10.2. The number of hydrogen-bond donors (Lipinski definition) is 2. The van der Waals surface area contributed by atoms with Crippen LogP contribution in [0.2, 0.25) is 0 Å². The topological polar surface area (TPSA) is 79.8 Å². The second kappa shape index (κ2) is 6.76. The first-order valence-electron chi connectivity index (χ1n) is 7.43. The lowest BCUT2D eigenvalue weighted by molar-refractivity contribution is 0.0954. The molecule has 1 aliphatic carbocycles. The van der Waals surface area contributed by atoms with Gasteiger partial charge in [0.05, 0.1) is 0 Å². The molecular formula is C15H18N4O2S2. The lowest BCUT2D eigenvalue weighted by Gasteiger charge is -2.07. The van der Waals surface area contributed by atoms with Crippen molar-refractivity contribution in [1.29, 1.82) is 0 Å². The maximum absolute atomic E-state index is 12.1. The molecule has 2 aromatic rings. The Kier molecular flexibility index (Phi) is 4.72. The predicted octanol–water partition coefficient (Wildman–Crippen LogP) is 1.99. The molecule has 0 saturated heterocycles. The summed E-state index contributed by atoms with van der Waals surface area (Å²) in [5, 5.41) is 9.93. The summed E-state index contributed by atoms with van der Waals surface area (Å²) in [7, 11) is -1.04. The molecule has 0 aliphatic heterocycles. The van der Waals surface area contributed by atoms with Crippen LogP contribution in [0.1, 0.15) is 35.1 Å². The number of carbonyl (C=O) groups is 1. The summed E-state index contributed by atoms with van der Waals surface area (Å²) in [6, 6.07) is 7.26. The van der Waals surface area contributed by atoms with E-state index in [0.29, 0.717) is 34.2 Å². The first-order valence-corrected chi connectivity index (χ1v) is 9.40. The van der Waals surface area contributed by atoms with Crippen molar-refractivity contribution < 1.29 is 9.00 Å². The fourth-order valence-corrected chi connectivity index (χ4v) is 3.23. The summed E-state index contributed by atoms with van der Waals surface area (Å²) in [6.07, 6.45) is 4.52. The average molecular weight is 350 g/mol. The Bertz CT molecular complexity index is 791. The van der Waals surface area contributed by atoms with Gasteiger partial charge in [-0.1, -0.05) is 0 Å². The Balaban J connectivity index is 1.57. The first-order chi connectivity index (χ1) is 11.1. The van der Waals surface area contributed by atoms with Crippen molar-refractivity contribution in [2.75, 3.05) is 12.8 Å². The van der Waals surface area contributed by atoms with Gasteiger partial charge in [0.1, 0.15) is 5.82 Å². The Labute approximate surface area is 141 Å². The minimum Gasteiger partial charge on any atom is -0.352 e. The number of rotatable bonds is 6. The third kappa shape index (κ3) is 3.76. The minimum absolute atomic E-state index is 0.148. The number of aromatic amines is 1. The monoisotopic (exact) mass is 350 g/mol. The molecule has 23 heavy (non-hydrogen) atoms. The van der Waals surface area contributed by atoms with Gasteiger partial charge in [-0.25, -0.2) is 0 Å². The van der Waals surface area contributed by atoms with Gasteiger partial charge in [0.2, 0.25) is 0 Å². The quantitative estimate of drug-likeness (QED) is 0.781. The predicted molar refractivity (Wildman–Crippen MR) is 90.5 cm³/mol. The van der Waals surface area contributed by atoms with Crippen LogP contribution in [-0.2, 0) is 17.2 Å². The average Bonchev–Trinajstić information content (AvgIpc) is 3.31. The second-order valence-corrected chi connectivity index (χ2v) is 7.30. The molecule has 1 saturated carbocycles. The van der Waals surface area contributed by atoms with E-state index in [1.165, 1.54) is 0 Å². The number of hydrogen-bond acceptors (Lipinski definition) is 4. The molecule has 1 aromatic carbocycles. The maximum Gasteiger partial charge on any atom is 0.251 e. The molecule has 1 fully saturated rings. The maximum atomic E-state index is 12.1. The molecule has 6 nitrogen and oxygen atoms in total. The largest absolute Gasteiger partial charge is 0.352 e. The van der Waals surface area contributed by atoms with E-state index in [9.17, 15) is 9.00 Å². The number of aromatic nitrogens is 3. The highest BCUT2D eigenvalue weighted by Gasteiger charge is 2.26. The van der Waals surface area contributed by atoms with Crippen molar-refractivity contribution in [3.63, 3.8) is 0 Å². The van der Waals surface area contributed by atoms with E-state index in [1.807, 2.05) is 4.57 Å². The molecule has 1 amide bonds. The van der Waals surface area contributed by atoms with Gasteiger partial charge in [0.25, 0.3) is 5.91 Å². The van der Waals surface area contributed by atoms with E-state index in [4.69, 9.17) is 12.2 Å². The van der Waals surface area contributed by atoms with Gasteiger partial charge in [0, 0.05) is 46.5 Å². The third-order valence-electron chi connectivity index (χ3n) is 3.77. The molecule has 0 unspecified atom stereocenters. The van der Waals surface area contributed by atoms with E-state index in [1.54, 1.807) is 30.5 Å². The van der Waals surface area contributed by atoms with E-state index >= 15 is 0 Å². The van der Waals surface area contributed by atoms with Gasteiger partial charge in [-0.3, -0.25) is 14.1 Å². The van der Waals surface area contributed by atoms with Crippen molar-refractivity contribution in [3.8, 4) is 0 Å². The molecule has 0 bridgehead atoms. The fourth-order valence-electron chi connectivity index (χ4n) is 2.41. The van der Waals surface area contributed by atoms with Gasteiger partial charge < -0.3 is 9.88 Å². The summed E-state index contributed by atoms with van der Waals surface area (Å²) < 4.78 is 14.0. The van der Waals surface area contributed by atoms with Crippen molar-refractivity contribution in [2.45, 2.75) is 30.2 Å². The second-order valence-electron chi connectivity index (χ2n) is 5.53. The molecule has 122 valence electrons. The zero-order valence-corrected chi connectivity index (χ0v) is 14.4. The van der Waals surface area contributed by atoms with Gasteiger partial charge in [-0.15, -0.1) is 0 Å². The van der Waals surface area contributed by atoms with Crippen molar-refractivity contribution in [3.05, 3.63) is 40.4 Å². The van der Waals surface area contributed by atoms with E-state index in [-0.39, 0.29) is 5.91 Å². The van der Waals surface area contributed by atoms with E-state index in [0.717, 1.165) is 18.7 Å². The van der Waals surface area contributed by atoms with Gasteiger partial charge in [-0.2, -0.15) is 5.10 Å². The molecule has 0 spiro atoms. The summed E-state index contributed by atoms with van der Waals surface area (Å²) in [6.45, 7) is 0.493. The summed E-state index contributed by atoms with van der Waals surface area (Å²) >= 11 is 5.23.